The Morgan fingerprint density at radius 2 is 0.958 bits per heavy atom. The highest BCUT2D eigenvalue weighted by Crippen LogP contribution is 2.34. The first-order valence-electron chi connectivity index (χ1n) is 7.51. The van der Waals surface area contributed by atoms with Crippen molar-refractivity contribution in [2.45, 2.75) is 0 Å². The van der Waals surface area contributed by atoms with Crippen molar-refractivity contribution in [3.05, 3.63) is 71.8 Å². The molecule has 0 unspecified atom stereocenters. The number of rotatable bonds is 0. The van der Waals surface area contributed by atoms with Crippen LogP contribution in [0, 0.1) is 24.1 Å². The van der Waals surface area contributed by atoms with Gasteiger partial charge >= 0.3 is 0 Å². The van der Waals surface area contributed by atoms with E-state index in [2.05, 4.69) is 24.0 Å². The van der Waals surface area contributed by atoms with Crippen molar-refractivity contribution in [3.8, 4) is 24.1 Å². The van der Waals surface area contributed by atoms with Gasteiger partial charge in [-0.1, -0.05) is 48.5 Å². The molecule has 0 aromatic heterocycles. The lowest BCUT2D eigenvalue weighted by molar-refractivity contribution is 0.517. The lowest BCUT2D eigenvalue weighted by atomic mass is 9.90. The minimum Gasteiger partial charge on any atom is -0.462 e. The second kappa shape index (κ2) is 5.54. The molecule has 2 N–H and O–H groups in total. The Balaban J connectivity index is 2.35. The van der Waals surface area contributed by atoms with Crippen LogP contribution >= 0.6 is 0 Å². The highest BCUT2D eigenvalue weighted by Gasteiger charge is 2.12. The van der Waals surface area contributed by atoms with Gasteiger partial charge in [-0.15, -0.1) is 0 Å². The van der Waals surface area contributed by atoms with Crippen molar-refractivity contribution in [2.24, 2.45) is 0 Å². The highest BCUT2D eigenvalue weighted by molar-refractivity contribution is 6.13. The normalized spacial score (nSPS) is 10.2. The lowest BCUT2D eigenvalue weighted by Gasteiger charge is -2.11. The third kappa shape index (κ3) is 2.02. The van der Waals surface area contributed by atoms with Crippen LogP contribution in [0.1, 0.15) is 11.1 Å². The van der Waals surface area contributed by atoms with Gasteiger partial charge in [0.25, 0.3) is 0 Å². The maximum atomic E-state index is 9.20. The van der Waals surface area contributed by atoms with Gasteiger partial charge in [0.15, 0.2) is 0 Å². The molecule has 4 aromatic carbocycles. The molecule has 0 saturated carbocycles. The first kappa shape index (κ1) is 14.0. The number of aliphatic hydroxyl groups excluding tert-OH is 2. The molecule has 0 aliphatic carbocycles. The van der Waals surface area contributed by atoms with E-state index in [9.17, 15) is 10.2 Å². The molecule has 0 fully saturated rings. The summed E-state index contributed by atoms with van der Waals surface area (Å²) < 4.78 is 0. The van der Waals surface area contributed by atoms with Crippen LogP contribution in [0.15, 0.2) is 60.7 Å². The standard InChI is InChI=1S/C22H12O2/c23-11-9-19-17-7-3-4-8-18(17)20(10-12-24)22-14-16-6-2-1-5-15(16)13-21(19)22/h1-8,13-14,23-24H. The third-order valence-corrected chi connectivity index (χ3v) is 4.25. The van der Waals surface area contributed by atoms with Crippen LogP contribution < -0.4 is 0 Å². The molecule has 112 valence electrons. The Bertz CT molecular complexity index is 1130. The molecule has 0 bridgehead atoms. The summed E-state index contributed by atoms with van der Waals surface area (Å²) in [5.74, 6) is 5.64. The van der Waals surface area contributed by atoms with E-state index in [0.29, 0.717) is 0 Å². The Hall–Kier alpha value is -3.62. The average molecular weight is 308 g/mol. The molecular formula is C22H12O2. The molecule has 0 radical (unpaired) electrons. The Morgan fingerprint density at radius 3 is 1.38 bits per heavy atom. The van der Waals surface area contributed by atoms with Crippen LogP contribution in [0.25, 0.3) is 32.3 Å². The van der Waals surface area contributed by atoms with Gasteiger partial charge in [0.2, 0.25) is 0 Å². The lowest BCUT2D eigenvalue weighted by Crippen LogP contribution is -1.91. The van der Waals surface area contributed by atoms with Crippen molar-refractivity contribution in [1.29, 1.82) is 0 Å². The zero-order chi connectivity index (χ0) is 16.5. The summed E-state index contributed by atoms with van der Waals surface area (Å²) in [6.45, 7) is 0. The van der Waals surface area contributed by atoms with Gasteiger partial charge in [-0.05, 0) is 56.3 Å². The summed E-state index contributed by atoms with van der Waals surface area (Å²) in [7, 11) is 0. The highest BCUT2D eigenvalue weighted by atomic mass is 16.2. The SMILES string of the molecule is OC#Cc1c2ccccc2c(C#CO)c2cc3ccccc3cc12. The monoisotopic (exact) mass is 308 g/mol. The molecule has 0 heterocycles. The Kier molecular flexibility index (Phi) is 3.23. The van der Waals surface area contributed by atoms with Crippen LogP contribution in [0.3, 0.4) is 0 Å². The van der Waals surface area contributed by atoms with E-state index in [1.54, 1.807) is 0 Å². The minimum absolute atomic E-state index is 0.761. The van der Waals surface area contributed by atoms with Gasteiger partial charge in [0.05, 0.1) is 0 Å². The fourth-order valence-electron chi connectivity index (χ4n) is 3.24. The van der Waals surface area contributed by atoms with Gasteiger partial charge < -0.3 is 10.2 Å². The van der Waals surface area contributed by atoms with Gasteiger partial charge in [-0.2, -0.15) is 0 Å². The van der Waals surface area contributed by atoms with Gasteiger partial charge in [0.1, 0.15) is 12.2 Å². The fraction of sp³-hybridized carbons (Fsp3) is 0. The van der Waals surface area contributed by atoms with Gasteiger partial charge in [-0.25, -0.2) is 0 Å². The van der Waals surface area contributed by atoms with Crippen LogP contribution in [0.2, 0.25) is 0 Å². The molecule has 2 heteroatoms. The molecule has 0 spiro atoms. The molecule has 4 aromatic rings. The summed E-state index contributed by atoms with van der Waals surface area (Å²) in [5.41, 5.74) is 1.52. The number of aliphatic hydroxyl groups is 2. The van der Waals surface area contributed by atoms with E-state index >= 15 is 0 Å². The largest absolute Gasteiger partial charge is 0.462 e. The fourth-order valence-corrected chi connectivity index (χ4v) is 3.24. The number of fused-ring (bicyclic) bond motifs is 3. The van der Waals surface area contributed by atoms with Crippen molar-refractivity contribution < 1.29 is 10.2 Å². The predicted octanol–water partition coefficient (Wildman–Crippen LogP) is 4.51. The minimum atomic E-state index is 0.761. The Labute approximate surface area is 139 Å². The molecule has 0 atom stereocenters. The average Bonchev–Trinajstić information content (AvgIpc) is 2.63. The molecule has 24 heavy (non-hydrogen) atoms. The van der Waals surface area contributed by atoms with E-state index in [-0.39, 0.29) is 0 Å². The molecule has 0 aliphatic heterocycles. The zero-order valence-electron chi connectivity index (χ0n) is 12.7. The smallest absolute Gasteiger partial charge is 0.113 e. The van der Waals surface area contributed by atoms with Crippen molar-refractivity contribution in [1.82, 2.24) is 0 Å². The Morgan fingerprint density at radius 1 is 0.542 bits per heavy atom. The van der Waals surface area contributed by atoms with Gasteiger partial charge in [-0.3, -0.25) is 0 Å². The second-order valence-corrected chi connectivity index (χ2v) is 5.51. The summed E-state index contributed by atoms with van der Waals surface area (Å²) in [5, 5.41) is 24.2. The van der Waals surface area contributed by atoms with Crippen LogP contribution in [-0.2, 0) is 0 Å². The van der Waals surface area contributed by atoms with E-state index in [4.69, 9.17) is 0 Å². The second-order valence-electron chi connectivity index (χ2n) is 5.51. The molecule has 2 nitrogen and oxygen atoms in total. The number of hydrogen-bond donors (Lipinski definition) is 2. The zero-order valence-corrected chi connectivity index (χ0v) is 12.7. The molecule has 0 saturated heterocycles. The van der Waals surface area contributed by atoms with Crippen molar-refractivity contribution in [2.75, 3.05) is 0 Å². The van der Waals surface area contributed by atoms with E-state index in [1.165, 1.54) is 0 Å². The van der Waals surface area contributed by atoms with E-state index in [0.717, 1.165) is 43.4 Å². The summed E-state index contributed by atoms with van der Waals surface area (Å²) in [4.78, 5) is 0. The first-order chi connectivity index (χ1) is 11.8. The summed E-state index contributed by atoms with van der Waals surface area (Å²) >= 11 is 0. The maximum absolute atomic E-state index is 9.20. The molecule has 4 rings (SSSR count). The quantitative estimate of drug-likeness (QED) is 0.371. The topological polar surface area (TPSA) is 40.5 Å². The van der Waals surface area contributed by atoms with Crippen molar-refractivity contribution in [3.63, 3.8) is 0 Å². The number of hydrogen-bond acceptors (Lipinski definition) is 2. The molecular weight excluding hydrogens is 296 g/mol. The molecule has 0 amide bonds. The first-order valence-corrected chi connectivity index (χ1v) is 7.51. The third-order valence-electron chi connectivity index (χ3n) is 4.25. The van der Waals surface area contributed by atoms with Crippen LogP contribution in [-0.4, -0.2) is 10.2 Å². The summed E-state index contributed by atoms with van der Waals surface area (Å²) in [6.07, 6.45) is 4.06. The summed E-state index contributed by atoms with van der Waals surface area (Å²) in [6, 6.07) is 19.9. The van der Waals surface area contributed by atoms with Crippen LogP contribution in [0.4, 0.5) is 0 Å². The predicted molar refractivity (Wildman–Crippen MR) is 96.6 cm³/mol. The number of benzene rings is 4. The molecule has 0 aliphatic rings. The maximum Gasteiger partial charge on any atom is 0.113 e. The van der Waals surface area contributed by atoms with E-state index < -0.39 is 0 Å². The van der Waals surface area contributed by atoms with E-state index in [1.807, 2.05) is 60.7 Å². The van der Waals surface area contributed by atoms with Crippen LogP contribution in [0.5, 0.6) is 0 Å². The van der Waals surface area contributed by atoms with Crippen molar-refractivity contribution >= 4 is 32.3 Å². The van der Waals surface area contributed by atoms with Gasteiger partial charge in [0, 0.05) is 11.1 Å².